The van der Waals surface area contributed by atoms with Gasteiger partial charge < -0.3 is 9.64 Å². The van der Waals surface area contributed by atoms with E-state index in [2.05, 4.69) is 4.72 Å². The number of halogens is 1. The van der Waals surface area contributed by atoms with E-state index >= 15 is 4.39 Å². The van der Waals surface area contributed by atoms with Gasteiger partial charge in [-0.3, -0.25) is 4.79 Å². The van der Waals surface area contributed by atoms with Crippen LogP contribution in [0.3, 0.4) is 0 Å². The second kappa shape index (κ2) is 8.73. The SMILES string of the molecule is CO[C@H](C(=O)N1CC2(CC2)[C@H](NS(C)(=O)=O)[C@@H]1Cc1cccc(-c2ccccc2)c1F)C1CC1. The number of rotatable bonds is 8. The highest BCUT2D eigenvalue weighted by molar-refractivity contribution is 7.88. The molecule has 34 heavy (non-hydrogen) atoms. The van der Waals surface area contributed by atoms with Crippen molar-refractivity contribution in [2.45, 2.75) is 50.3 Å². The van der Waals surface area contributed by atoms with Crippen LogP contribution in [0.5, 0.6) is 0 Å². The molecule has 0 unspecified atom stereocenters. The molecule has 8 heteroatoms. The summed E-state index contributed by atoms with van der Waals surface area (Å²) >= 11 is 0. The summed E-state index contributed by atoms with van der Waals surface area (Å²) in [6, 6.07) is 13.7. The van der Waals surface area contributed by atoms with Gasteiger partial charge in [-0.15, -0.1) is 0 Å². The molecule has 2 aromatic rings. The van der Waals surface area contributed by atoms with Gasteiger partial charge >= 0.3 is 0 Å². The van der Waals surface area contributed by atoms with Crippen molar-refractivity contribution in [1.29, 1.82) is 0 Å². The first-order valence-electron chi connectivity index (χ1n) is 11.9. The maximum Gasteiger partial charge on any atom is 0.252 e. The lowest BCUT2D eigenvalue weighted by molar-refractivity contribution is -0.144. The molecule has 2 aliphatic carbocycles. The molecule has 1 amide bonds. The second-order valence-corrected chi connectivity index (χ2v) is 11.9. The molecule has 3 atom stereocenters. The van der Waals surface area contributed by atoms with Crippen molar-refractivity contribution in [2.75, 3.05) is 19.9 Å². The van der Waals surface area contributed by atoms with Crippen molar-refractivity contribution >= 4 is 15.9 Å². The van der Waals surface area contributed by atoms with Crippen molar-refractivity contribution in [1.82, 2.24) is 9.62 Å². The van der Waals surface area contributed by atoms with E-state index in [0.29, 0.717) is 17.7 Å². The molecule has 6 nitrogen and oxygen atoms in total. The summed E-state index contributed by atoms with van der Waals surface area (Å²) < 4.78 is 48.6. The van der Waals surface area contributed by atoms with Crippen LogP contribution < -0.4 is 4.72 Å². The minimum absolute atomic E-state index is 0.112. The molecule has 0 aromatic heterocycles. The van der Waals surface area contributed by atoms with E-state index in [4.69, 9.17) is 4.74 Å². The molecular formula is C26H31FN2O4S. The summed E-state index contributed by atoms with van der Waals surface area (Å²) in [5.41, 5.74) is 1.45. The Hall–Kier alpha value is -2.29. The van der Waals surface area contributed by atoms with Gasteiger partial charge in [-0.25, -0.2) is 17.5 Å². The van der Waals surface area contributed by atoms with Gasteiger partial charge in [-0.1, -0.05) is 48.5 Å². The van der Waals surface area contributed by atoms with Gasteiger partial charge in [0.15, 0.2) is 0 Å². The molecular weight excluding hydrogens is 455 g/mol. The monoisotopic (exact) mass is 486 g/mol. The number of carbonyl (C=O) groups excluding carboxylic acids is 1. The highest BCUT2D eigenvalue weighted by Crippen LogP contribution is 2.56. The standard InChI is InChI=1S/C26H31FN2O4S/c1-33-23(18-11-12-18)25(30)29-16-26(13-14-26)24(28-34(2,31)32)21(29)15-19-9-6-10-20(22(19)27)17-7-4-3-5-8-17/h3-10,18,21,23-24,28H,11-16H2,1-2H3/t21-,23-,24+/m0/s1. The molecule has 0 bridgehead atoms. The van der Waals surface area contributed by atoms with E-state index in [1.807, 2.05) is 36.4 Å². The number of methoxy groups -OCH3 is 1. The first kappa shape index (κ1) is 23.5. The van der Waals surface area contributed by atoms with Crippen molar-refractivity contribution in [3.05, 3.63) is 59.9 Å². The van der Waals surface area contributed by atoms with Crippen molar-refractivity contribution in [3.63, 3.8) is 0 Å². The summed E-state index contributed by atoms with van der Waals surface area (Å²) in [6.45, 7) is 0.469. The van der Waals surface area contributed by atoms with Gasteiger partial charge in [-0.05, 0) is 49.1 Å². The number of amides is 1. The molecule has 182 valence electrons. The predicted molar refractivity (Wildman–Crippen MR) is 128 cm³/mol. The molecule has 1 spiro atoms. The fourth-order valence-electron chi connectivity index (χ4n) is 5.54. The Balaban J connectivity index is 1.51. The maximum absolute atomic E-state index is 15.7. The van der Waals surface area contributed by atoms with Crippen LogP contribution in [0.1, 0.15) is 31.2 Å². The van der Waals surface area contributed by atoms with Gasteiger partial charge in [0, 0.05) is 30.7 Å². The van der Waals surface area contributed by atoms with Crippen LogP contribution in [0.2, 0.25) is 0 Å². The molecule has 3 aliphatic rings. The number of benzene rings is 2. The molecule has 1 saturated heterocycles. The largest absolute Gasteiger partial charge is 0.371 e. The highest BCUT2D eigenvalue weighted by atomic mass is 32.2. The Bertz CT molecular complexity index is 1180. The maximum atomic E-state index is 15.7. The topological polar surface area (TPSA) is 75.7 Å². The van der Waals surface area contributed by atoms with Crippen molar-refractivity contribution in [3.8, 4) is 11.1 Å². The Kier molecular flexibility index (Phi) is 6.02. The van der Waals surface area contributed by atoms with Gasteiger partial charge in [-0.2, -0.15) is 0 Å². The first-order chi connectivity index (χ1) is 16.2. The summed E-state index contributed by atoms with van der Waals surface area (Å²) in [5, 5.41) is 0. The van der Waals surface area contributed by atoms with Gasteiger partial charge in [0.2, 0.25) is 10.0 Å². The number of nitrogens with zero attached hydrogens (tertiary/aromatic N) is 1. The third kappa shape index (κ3) is 4.51. The molecule has 0 radical (unpaired) electrons. The fraction of sp³-hybridized carbons (Fsp3) is 0.500. The smallest absolute Gasteiger partial charge is 0.252 e. The van der Waals surface area contributed by atoms with Crippen LogP contribution in [-0.2, 0) is 26.0 Å². The minimum atomic E-state index is -3.52. The van der Waals surface area contributed by atoms with E-state index in [1.165, 1.54) is 0 Å². The van der Waals surface area contributed by atoms with E-state index in [1.54, 1.807) is 24.1 Å². The Morgan fingerprint density at radius 2 is 1.88 bits per heavy atom. The molecule has 1 aliphatic heterocycles. The van der Waals surface area contributed by atoms with Gasteiger partial charge in [0.05, 0.1) is 12.3 Å². The summed E-state index contributed by atoms with van der Waals surface area (Å²) in [5.74, 6) is -0.242. The molecule has 2 aromatic carbocycles. The van der Waals surface area contributed by atoms with E-state index < -0.39 is 28.2 Å². The average molecular weight is 487 g/mol. The third-order valence-corrected chi connectivity index (χ3v) is 8.27. The summed E-state index contributed by atoms with van der Waals surface area (Å²) in [7, 11) is -1.97. The Labute approximate surface area is 200 Å². The molecule has 2 saturated carbocycles. The van der Waals surface area contributed by atoms with Crippen LogP contribution in [0.25, 0.3) is 11.1 Å². The molecule has 1 N–H and O–H groups in total. The number of nitrogens with one attached hydrogen (secondary N) is 1. The van der Waals surface area contributed by atoms with Crippen LogP contribution in [0, 0.1) is 17.2 Å². The predicted octanol–water partition coefficient (Wildman–Crippen LogP) is 3.37. The number of hydrogen-bond acceptors (Lipinski definition) is 4. The van der Waals surface area contributed by atoms with Crippen LogP contribution >= 0.6 is 0 Å². The normalized spacial score (nSPS) is 24.4. The number of likely N-dealkylation sites (tertiary alicyclic amines) is 1. The van der Waals surface area contributed by atoms with Crippen molar-refractivity contribution < 1.29 is 22.3 Å². The minimum Gasteiger partial charge on any atom is -0.371 e. The lowest BCUT2D eigenvalue weighted by atomic mass is 9.91. The lowest BCUT2D eigenvalue weighted by Gasteiger charge is -2.31. The van der Waals surface area contributed by atoms with Crippen LogP contribution in [0.15, 0.2) is 48.5 Å². The van der Waals surface area contributed by atoms with E-state index in [-0.39, 0.29) is 29.5 Å². The number of ether oxygens (including phenoxy) is 1. The van der Waals surface area contributed by atoms with Gasteiger partial charge in [0.25, 0.3) is 5.91 Å². The number of hydrogen-bond donors (Lipinski definition) is 1. The summed E-state index contributed by atoms with van der Waals surface area (Å²) in [4.78, 5) is 15.4. The lowest BCUT2D eigenvalue weighted by Crippen LogP contribution is -2.51. The zero-order chi connectivity index (χ0) is 24.1. The highest BCUT2D eigenvalue weighted by Gasteiger charge is 2.62. The zero-order valence-corrected chi connectivity index (χ0v) is 20.4. The molecule has 5 rings (SSSR count). The quantitative estimate of drug-likeness (QED) is 0.621. The first-order valence-corrected chi connectivity index (χ1v) is 13.7. The molecule has 1 heterocycles. The zero-order valence-electron chi connectivity index (χ0n) is 19.5. The second-order valence-electron chi connectivity index (χ2n) is 10.1. The van der Waals surface area contributed by atoms with Crippen LogP contribution in [-0.4, -0.2) is 57.3 Å². The van der Waals surface area contributed by atoms with E-state index in [9.17, 15) is 13.2 Å². The van der Waals surface area contributed by atoms with E-state index in [0.717, 1.165) is 37.5 Å². The van der Waals surface area contributed by atoms with Gasteiger partial charge in [0.1, 0.15) is 11.9 Å². The Morgan fingerprint density at radius 3 is 2.47 bits per heavy atom. The summed E-state index contributed by atoms with van der Waals surface area (Å²) in [6.07, 6.45) is 4.43. The van der Waals surface area contributed by atoms with Crippen LogP contribution in [0.4, 0.5) is 4.39 Å². The number of carbonyl (C=O) groups is 1. The number of sulfonamides is 1. The average Bonchev–Trinajstić information content (AvgIpc) is 3.72. The fourth-order valence-corrected chi connectivity index (χ4v) is 6.41. The third-order valence-electron chi connectivity index (χ3n) is 7.59. The molecule has 3 fully saturated rings. The Morgan fingerprint density at radius 1 is 1.18 bits per heavy atom. The van der Waals surface area contributed by atoms with Crippen molar-refractivity contribution in [2.24, 2.45) is 11.3 Å².